The summed E-state index contributed by atoms with van der Waals surface area (Å²) in [6, 6.07) is 0. The van der Waals surface area contributed by atoms with Gasteiger partial charge in [-0.25, -0.2) is 0 Å². The van der Waals surface area contributed by atoms with E-state index >= 15 is 0 Å². The van der Waals surface area contributed by atoms with Crippen LogP contribution in [0.25, 0.3) is 0 Å². The SMILES string of the molecule is C=C/C=C(\C=C/C)C(O)C1CNCC(O)C1. The number of aliphatic hydroxyl groups is 2. The Morgan fingerprint density at radius 2 is 2.25 bits per heavy atom. The highest BCUT2D eigenvalue weighted by atomic mass is 16.3. The number of hydrogen-bond donors (Lipinski definition) is 3. The van der Waals surface area contributed by atoms with Crippen molar-refractivity contribution in [1.29, 1.82) is 0 Å². The Morgan fingerprint density at radius 3 is 2.81 bits per heavy atom. The first-order valence-electron chi connectivity index (χ1n) is 5.71. The molecule has 1 fully saturated rings. The fourth-order valence-electron chi connectivity index (χ4n) is 2.05. The van der Waals surface area contributed by atoms with E-state index < -0.39 is 6.10 Å². The second kappa shape index (κ2) is 6.63. The normalized spacial score (nSPS) is 29.3. The van der Waals surface area contributed by atoms with Gasteiger partial charge in [-0.1, -0.05) is 30.9 Å². The molecule has 3 atom stereocenters. The number of allylic oxidation sites excluding steroid dienone is 3. The lowest BCUT2D eigenvalue weighted by Gasteiger charge is -2.31. The van der Waals surface area contributed by atoms with E-state index in [0.29, 0.717) is 13.0 Å². The maximum atomic E-state index is 10.2. The van der Waals surface area contributed by atoms with Gasteiger partial charge in [-0.2, -0.15) is 0 Å². The van der Waals surface area contributed by atoms with Crippen molar-refractivity contribution in [2.45, 2.75) is 25.6 Å². The largest absolute Gasteiger partial charge is 0.392 e. The molecule has 3 N–H and O–H groups in total. The molecule has 1 rings (SSSR count). The van der Waals surface area contributed by atoms with Gasteiger partial charge < -0.3 is 15.5 Å². The van der Waals surface area contributed by atoms with Crippen molar-refractivity contribution in [3.05, 3.63) is 36.5 Å². The van der Waals surface area contributed by atoms with Crippen LogP contribution in [0.3, 0.4) is 0 Å². The molecular formula is C13H21NO2. The number of nitrogens with one attached hydrogen (secondary N) is 1. The molecule has 0 radical (unpaired) electrons. The number of β-amino-alcohol motifs (C(OH)–C–C–N with tert-alkyl or cyclic N) is 1. The standard InChI is InChI=1S/C13H21NO2/c1-3-5-10(6-4-2)13(16)11-7-12(15)9-14-8-11/h3-6,11-16H,1,7-9H2,2H3/b6-4-,10-5+. The minimum atomic E-state index is -0.545. The average Bonchev–Trinajstić information content (AvgIpc) is 2.28. The third-order valence-electron chi connectivity index (χ3n) is 2.82. The number of piperidine rings is 1. The molecule has 0 aliphatic carbocycles. The maximum absolute atomic E-state index is 10.2. The van der Waals surface area contributed by atoms with Crippen molar-refractivity contribution in [3.63, 3.8) is 0 Å². The van der Waals surface area contributed by atoms with E-state index in [2.05, 4.69) is 11.9 Å². The Kier molecular flexibility index (Phi) is 5.46. The highest BCUT2D eigenvalue weighted by Crippen LogP contribution is 2.21. The van der Waals surface area contributed by atoms with Crippen LogP contribution in [0.5, 0.6) is 0 Å². The van der Waals surface area contributed by atoms with Crippen LogP contribution in [0, 0.1) is 5.92 Å². The Balaban J connectivity index is 2.69. The first-order valence-corrected chi connectivity index (χ1v) is 5.71. The molecule has 0 amide bonds. The molecule has 1 saturated heterocycles. The topological polar surface area (TPSA) is 52.5 Å². The molecule has 16 heavy (non-hydrogen) atoms. The zero-order valence-corrected chi connectivity index (χ0v) is 9.76. The van der Waals surface area contributed by atoms with Gasteiger partial charge in [0.2, 0.25) is 0 Å². The van der Waals surface area contributed by atoms with Crippen LogP contribution in [-0.4, -0.2) is 35.5 Å². The smallest absolute Gasteiger partial charge is 0.0831 e. The summed E-state index contributed by atoms with van der Waals surface area (Å²) in [7, 11) is 0. The minimum Gasteiger partial charge on any atom is -0.392 e. The molecule has 1 aliphatic rings. The van der Waals surface area contributed by atoms with Gasteiger partial charge in [-0.05, 0) is 18.9 Å². The van der Waals surface area contributed by atoms with E-state index in [9.17, 15) is 10.2 Å². The molecule has 3 nitrogen and oxygen atoms in total. The van der Waals surface area contributed by atoms with Gasteiger partial charge in [0.25, 0.3) is 0 Å². The van der Waals surface area contributed by atoms with E-state index in [1.807, 2.05) is 25.2 Å². The number of hydrogen-bond acceptors (Lipinski definition) is 3. The Hall–Kier alpha value is -0.900. The molecular weight excluding hydrogens is 202 g/mol. The lowest BCUT2D eigenvalue weighted by atomic mass is 9.87. The Bertz CT molecular complexity index is 284. The summed E-state index contributed by atoms with van der Waals surface area (Å²) < 4.78 is 0. The number of rotatable bonds is 4. The lowest BCUT2D eigenvalue weighted by Crippen LogP contribution is -2.44. The molecule has 0 aromatic carbocycles. The zero-order valence-electron chi connectivity index (χ0n) is 9.76. The van der Waals surface area contributed by atoms with E-state index in [0.717, 1.165) is 12.1 Å². The van der Waals surface area contributed by atoms with Crippen LogP contribution in [-0.2, 0) is 0 Å². The first kappa shape index (κ1) is 13.2. The maximum Gasteiger partial charge on any atom is 0.0831 e. The lowest BCUT2D eigenvalue weighted by molar-refractivity contribution is 0.0581. The molecule has 0 bridgehead atoms. The van der Waals surface area contributed by atoms with Crippen LogP contribution >= 0.6 is 0 Å². The summed E-state index contributed by atoms with van der Waals surface area (Å²) in [5.41, 5.74) is 0.846. The van der Waals surface area contributed by atoms with Crippen LogP contribution in [0.4, 0.5) is 0 Å². The fourth-order valence-corrected chi connectivity index (χ4v) is 2.05. The molecule has 90 valence electrons. The van der Waals surface area contributed by atoms with Crippen molar-refractivity contribution < 1.29 is 10.2 Å². The summed E-state index contributed by atoms with van der Waals surface area (Å²) in [6.07, 6.45) is 7.00. The van der Waals surface area contributed by atoms with Crippen LogP contribution in [0.15, 0.2) is 36.5 Å². The predicted octanol–water partition coefficient (Wildman–Crippen LogP) is 1.01. The fraction of sp³-hybridized carbons (Fsp3) is 0.538. The second-order valence-electron chi connectivity index (χ2n) is 4.16. The third kappa shape index (κ3) is 3.59. The van der Waals surface area contributed by atoms with Crippen molar-refractivity contribution in [3.8, 4) is 0 Å². The van der Waals surface area contributed by atoms with E-state index in [-0.39, 0.29) is 12.0 Å². The quantitative estimate of drug-likeness (QED) is 0.623. The van der Waals surface area contributed by atoms with Crippen LogP contribution in [0.1, 0.15) is 13.3 Å². The highest BCUT2D eigenvalue weighted by molar-refractivity contribution is 5.27. The molecule has 1 aliphatic heterocycles. The van der Waals surface area contributed by atoms with E-state index in [1.165, 1.54) is 0 Å². The van der Waals surface area contributed by atoms with Gasteiger partial charge in [-0.15, -0.1) is 0 Å². The van der Waals surface area contributed by atoms with Gasteiger partial charge >= 0.3 is 0 Å². The Labute approximate surface area is 97.2 Å². The van der Waals surface area contributed by atoms with Crippen molar-refractivity contribution >= 4 is 0 Å². The predicted molar refractivity (Wildman–Crippen MR) is 66.1 cm³/mol. The highest BCUT2D eigenvalue weighted by Gasteiger charge is 2.27. The van der Waals surface area contributed by atoms with Gasteiger partial charge in [0.05, 0.1) is 12.2 Å². The number of aliphatic hydroxyl groups excluding tert-OH is 2. The third-order valence-corrected chi connectivity index (χ3v) is 2.82. The second-order valence-corrected chi connectivity index (χ2v) is 4.16. The molecule has 0 saturated carbocycles. The molecule has 0 aromatic rings. The average molecular weight is 223 g/mol. The molecule has 3 unspecified atom stereocenters. The summed E-state index contributed by atoms with van der Waals surface area (Å²) in [5, 5.41) is 22.9. The van der Waals surface area contributed by atoms with Crippen molar-refractivity contribution in [2.24, 2.45) is 5.92 Å². The van der Waals surface area contributed by atoms with Crippen LogP contribution < -0.4 is 5.32 Å². The Morgan fingerprint density at radius 1 is 1.50 bits per heavy atom. The summed E-state index contributed by atoms with van der Waals surface area (Å²) in [5.74, 6) is 0.0612. The molecule has 0 spiro atoms. The monoisotopic (exact) mass is 223 g/mol. The van der Waals surface area contributed by atoms with Gasteiger partial charge in [0.15, 0.2) is 0 Å². The van der Waals surface area contributed by atoms with E-state index in [1.54, 1.807) is 6.08 Å². The summed E-state index contributed by atoms with van der Waals surface area (Å²) in [4.78, 5) is 0. The molecule has 1 heterocycles. The minimum absolute atomic E-state index is 0.0612. The first-order chi connectivity index (χ1) is 7.69. The zero-order chi connectivity index (χ0) is 12.0. The van der Waals surface area contributed by atoms with Crippen molar-refractivity contribution in [1.82, 2.24) is 5.32 Å². The van der Waals surface area contributed by atoms with Gasteiger partial charge in [0, 0.05) is 19.0 Å². The molecule has 0 aromatic heterocycles. The van der Waals surface area contributed by atoms with Gasteiger partial charge in [-0.3, -0.25) is 0 Å². The van der Waals surface area contributed by atoms with Crippen molar-refractivity contribution in [2.75, 3.05) is 13.1 Å². The van der Waals surface area contributed by atoms with E-state index in [4.69, 9.17) is 0 Å². The summed E-state index contributed by atoms with van der Waals surface area (Å²) >= 11 is 0. The molecule has 3 heteroatoms. The van der Waals surface area contributed by atoms with Gasteiger partial charge in [0.1, 0.15) is 0 Å². The summed E-state index contributed by atoms with van der Waals surface area (Å²) in [6.45, 7) is 6.91. The van der Waals surface area contributed by atoms with Crippen LogP contribution in [0.2, 0.25) is 0 Å².